The van der Waals surface area contributed by atoms with Gasteiger partial charge < -0.3 is 15.4 Å². The summed E-state index contributed by atoms with van der Waals surface area (Å²) in [5.41, 5.74) is 5.50. The standard InChI is InChI=1S/C19H16FN7O2/c1-11-23-17(26-29-11)19(2,28)7-5-12-3-4-13-14(10-20)25-27(15(13)9-12)16-6-8-22-18(21)24-16/h3-4,6,8-9,28H,10H2,1-2H3,(H2,21,22,24)/t19-/m1/s1. The van der Waals surface area contributed by atoms with Crippen LogP contribution in [0.1, 0.15) is 29.9 Å². The third kappa shape index (κ3) is 3.51. The molecule has 1 atom stereocenters. The van der Waals surface area contributed by atoms with E-state index in [-0.39, 0.29) is 17.5 Å². The molecule has 4 aromatic rings. The van der Waals surface area contributed by atoms with E-state index in [2.05, 4.69) is 37.0 Å². The van der Waals surface area contributed by atoms with E-state index in [1.54, 1.807) is 31.2 Å². The number of nitrogen functional groups attached to an aromatic ring is 1. The molecule has 0 saturated carbocycles. The van der Waals surface area contributed by atoms with Crippen LogP contribution in [0.15, 0.2) is 35.0 Å². The molecule has 0 radical (unpaired) electrons. The van der Waals surface area contributed by atoms with Crippen LogP contribution in [0.4, 0.5) is 10.3 Å². The zero-order chi connectivity index (χ0) is 20.6. The van der Waals surface area contributed by atoms with Crippen molar-refractivity contribution in [3.63, 3.8) is 0 Å². The van der Waals surface area contributed by atoms with Crippen molar-refractivity contribution >= 4 is 16.9 Å². The fourth-order valence-corrected chi connectivity index (χ4v) is 2.76. The van der Waals surface area contributed by atoms with Crippen molar-refractivity contribution in [3.05, 3.63) is 53.4 Å². The summed E-state index contributed by atoms with van der Waals surface area (Å²) in [4.78, 5) is 12.0. The molecule has 0 aliphatic carbocycles. The molecule has 0 bridgehead atoms. The van der Waals surface area contributed by atoms with Gasteiger partial charge in [0.15, 0.2) is 11.4 Å². The van der Waals surface area contributed by atoms with Crippen molar-refractivity contribution in [2.24, 2.45) is 0 Å². The molecule has 1 aromatic carbocycles. The van der Waals surface area contributed by atoms with Crippen molar-refractivity contribution in [3.8, 4) is 17.7 Å². The number of benzene rings is 1. The fourth-order valence-electron chi connectivity index (χ4n) is 2.76. The normalized spacial score (nSPS) is 13.1. The largest absolute Gasteiger partial charge is 0.371 e. The van der Waals surface area contributed by atoms with E-state index in [1.807, 2.05) is 0 Å². The maximum atomic E-state index is 13.4. The van der Waals surface area contributed by atoms with Gasteiger partial charge in [0.2, 0.25) is 17.7 Å². The van der Waals surface area contributed by atoms with E-state index in [9.17, 15) is 9.50 Å². The van der Waals surface area contributed by atoms with E-state index in [4.69, 9.17) is 10.3 Å². The lowest BCUT2D eigenvalue weighted by molar-refractivity contribution is 0.108. The molecular formula is C19H16FN7O2. The number of aryl methyl sites for hydroxylation is 1. The summed E-state index contributed by atoms with van der Waals surface area (Å²) in [7, 11) is 0. The Morgan fingerprint density at radius 1 is 1.31 bits per heavy atom. The van der Waals surface area contributed by atoms with E-state index in [0.717, 1.165) is 0 Å². The average Bonchev–Trinajstić information content (AvgIpc) is 3.30. The first-order valence-electron chi connectivity index (χ1n) is 8.60. The highest BCUT2D eigenvalue weighted by molar-refractivity contribution is 5.84. The van der Waals surface area contributed by atoms with Gasteiger partial charge in [-0.3, -0.25) is 0 Å². The topological polar surface area (TPSA) is 129 Å². The lowest BCUT2D eigenvalue weighted by Crippen LogP contribution is -2.20. The molecule has 0 spiro atoms. The lowest BCUT2D eigenvalue weighted by Gasteiger charge is -2.10. The quantitative estimate of drug-likeness (QED) is 0.504. The molecule has 10 heteroatoms. The first-order chi connectivity index (χ1) is 13.9. The van der Waals surface area contributed by atoms with Gasteiger partial charge in [0.1, 0.15) is 12.4 Å². The van der Waals surface area contributed by atoms with Crippen LogP contribution in [-0.4, -0.2) is 35.0 Å². The second kappa shape index (κ2) is 6.96. The summed E-state index contributed by atoms with van der Waals surface area (Å²) in [6.07, 6.45) is 1.49. The zero-order valence-corrected chi connectivity index (χ0v) is 15.6. The van der Waals surface area contributed by atoms with Crippen LogP contribution in [-0.2, 0) is 12.3 Å². The van der Waals surface area contributed by atoms with E-state index >= 15 is 0 Å². The first kappa shape index (κ1) is 18.5. The molecule has 0 aliphatic rings. The smallest absolute Gasteiger partial charge is 0.223 e. The molecule has 4 rings (SSSR count). The predicted octanol–water partition coefficient (Wildman–Crippen LogP) is 1.82. The van der Waals surface area contributed by atoms with Gasteiger partial charge >= 0.3 is 0 Å². The summed E-state index contributed by atoms with van der Waals surface area (Å²) >= 11 is 0. The van der Waals surface area contributed by atoms with Gasteiger partial charge in [-0.15, -0.1) is 0 Å². The second-order valence-corrected chi connectivity index (χ2v) is 6.46. The van der Waals surface area contributed by atoms with Gasteiger partial charge in [-0.05, 0) is 25.1 Å². The number of hydrogen-bond acceptors (Lipinski definition) is 8. The lowest BCUT2D eigenvalue weighted by atomic mass is 10.1. The van der Waals surface area contributed by atoms with Crippen LogP contribution in [0.25, 0.3) is 16.7 Å². The number of aliphatic hydroxyl groups is 1. The van der Waals surface area contributed by atoms with E-state index in [1.165, 1.54) is 17.8 Å². The van der Waals surface area contributed by atoms with Crippen molar-refractivity contribution in [2.45, 2.75) is 26.1 Å². The van der Waals surface area contributed by atoms with E-state index < -0.39 is 12.3 Å². The molecule has 0 aliphatic heterocycles. The molecule has 0 unspecified atom stereocenters. The molecule has 0 fully saturated rings. The van der Waals surface area contributed by atoms with Gasteiger partial charge in [-0.2, -0.15) is 15.1 Å². The molecule has 9 nitrogen and oxygen atoms in total. The van der Waals surface area contributed by atoms with Crippen molar-refractivity contribution in [2.75, 3.05) is 5.73 Å². The minimum Gasteiger partial charge on any atom is -0.371 e. The number of rotatable bonds is 3. The highest BCUT2D eigenvalue weighted by Crippen LogP contribution is 2.24. The number of fused-ring (bicyclic) bond motifs is 1. The van der Waals surface area contributed by atoms with Crippen LogP contribution < -0.4 is 5.73 Å². The maximum absolute atomic E-state index is 13.4. The molecule has 29 heavy (non-hydrogen) atoms. The summed E-state index contributed by atoms with van der Waals surface area (Å²) in [6, 6.07) is 6.78. The molecular weight excluding hydrogens is 377 g/mol. The highest BCUT2D eigenvalue weighted by atomic mass is 19.1. The van der Waals surface area contributed by atoms with Crippen molar-refractivity contribution < 1.29 is 14.0 Å². The number of nitrogens with zero attached hydrogens (tertiary/aromatic N) is 6. The van der Waals surface area contributed by atoms with E-state index in [0.29, 0.717) is 28.2 Å². The van der Waals surface area contributed by atoms with Gasteiger partial charge in [-0.25, -0.2) is 14.1 Å². The van der Waals surface area contributed by atoms with Gasteiger partial charge in [0, 0.05) is 30.1 Å². The third-order valence-electron chi connectivity index (χ3n) is 4.17. The Kier molecular flexibility index (Phi) is 4.44. The summed E-state index contributed by atoms with van der Waals surface area (Å²) in [5.74, 6) is 6.50. The minimum atomic E-state index is -1.60. The maximum Gasteiger partial charge on any atom is 0.223 e. The van der Waals surface area contributed by atoms with Crippen LogP contribution >= 0.6 is 0 Å². The third-order valence-corrected chi connectivity index (χ3v) is 4.17. The number of nitrogens with two attached hydrogens (primary N) is 1. The average molecular weight is 393 g/mol. The highest BCUT2D eigenvalue weighted by Gasteiger charge is 2.26. The van der Waals surface area contributed by atoms with Crippen molar-refractivity contribution in [1.29, 1.82) is 0 Å². The van der Waals surface area contributed by atoms with Crippen LogP contribution in [0.3, 0.4) is 0 Å². The molecule has 3 aromatic heterocycles. The Bertz CT molecular complexity index is 1270. The Labute approximate surface area is 164 Å². The second-order valence-electron chi connectivity index (χ2n) is 6.46. The number of anilines is 1. The summed E-state index contributed by atoms with van der Waals surface area (Å²) in [6.45, 7) is 2.36. The Morgan fingerprint density at radius 3 is 2.83 bits per heavy atom. The van der Waals surface area contributed by atoms with Crippen LogP contribution in [0.5, 0.6) is 0 Å². The van der Waals surface area contributed by atoms with Crippen LogP contribution in [0, 0.1) is 18.8 Å². The van der Waals surface area contributed by atoms with Gasteiger partial charge in [0.25, 0.3) is 0 Å². The number of halogens is 1. The Balaban J connectivity index is 1.79. The predicted molar refractivity (Wildman–Crippen MR) is 101 cm³/mol. The monoisotopic (exact) mass is 393 g/mol. The number of hydrogen-bond donors (Lipinski definition) is 2. The fraction of sp³-hybridized carbons (Fsp3) is 0.211. The number of aromatic nitrogens is 6. The first-order valence-corrected chi connectivity index (χ1v) is 8.60. The minimum absolute atomic E-state index is 0.0739. The molecule has 0 amide bonds. The number of alkyl halides is 1. The molecule has 3 heterocycles. The van der Waals surface area contributed by atoms with Crippen LogP contribution in [0.2, 0.25) is 0 Å². The van der Waals surface area contributed by atoms with Gasteiger partial charge in [0.05, 0.1) is 5.52 Å². The molecule has 0 saturated heterocycles. The molecule has 3 N–H and O–H groups in total. The van der Waals surface area contributed by atoms with Gasteiger partial charge in [-0.1, -0.05) is 17.0 Å². The summed E-state index contributed by atoms with van der Waals surface area (Å²) in [5, 5.41) is 19.1. The SMILES string of the molecule is Cc1nc([C@](C)(O)C#Cc2ccc3c(CF)nn(-c4ccnc(N)n4)c3c2)no1. The summed E-state index contributed by atoms with van der Waals surface area (Å²) < 4.78 is 19.8. The Morgan fingerprint density at radius 2 is 2.14 bits per heavy atom. The Hall–Kier alpha value is -3.84. The zero-order valence-electron chi connectivity index (χ0n) is 15.6. The van der Waals surface area contributed by atoms with Crippen molar-refractivity contribution in [1.82, 2.24) is 29.9 Å². The molecule has 146 valence electrons.